The van der Waals surface area contributed by atoms with Gasteiger partial charge < -0.3 is 15.7 Å². The van der Waals surface area contributed by atoms with Crippen LogP contribution in [0.25, 0.3) is 0 Å². The van der Waals surface area contributed by atoms with E-state index in [9.17, 15) is 35.9 Å². The van der Waals surface area contributed by atoms with Gasteiger partial charge in [-0.15, -0.1) is 11.3 Å². The summed E-state index contributed by atoms with van der Waals surface area (Å²) in [6, 6.07) is 4.83. The molecule has 2 atom stereocenters. The fourth-order valence-corrected chi connectivity index (χ4v) is 6.88. The van der Waals surface area contributed by atoms with Crippen molar-refractivity contribution in [2.45, 2.75) is 29.0 Å². The zero-order chi connectivity index (χ0) is 24.1. The smallest absolute Gasteiger partial charge is 0.368 e. The van der Waals surface area contributed by atoms with Crippen molar-refractivity contribution in [3.63, 3.8) is 0 Å². The quantitative estimate of drug-likeness (QED) is 0.596. The number of carbonyl (C=O) groups is 1. The molecule has 14 heteroatoms. The average Bonchev–Trinajstić information content (AvgIpc) is 3.17. The predicted molar refractivity (Wildman–Crippen MR) is 110 cm³/mol. The summed E-state index contributed by atoms with van der Waals surface area (Å²) in [6.07, 6.45) is -5.43. The first-order valence-electron chi connectivity index (χ1n) is 9.10. The number of nitrogens with two attached hydrogens (primary N) is 1. The number of carbonyl (C=O) groups excluding carboxylic acids is 1. The van der Waals surface area contributed by atoms with Crippen LogP contribution in [-0.2, 0) is 20.4 Å². The Morgan fingerprint density at radius 3 is 2.44 bits per heavy atom. The highest BCUT2D eigenvalue weighted by Crippen LogP contribution is 2.43. The van der Waals surface area contributed by atoms with Gasteiger partial charge in [-0.25, -0.2) is 12.8 Å². The van der Waals surface area contributed by atoms with Crippen molar-refractivity contribution in [1.82, 2.24) is 4.31 Å². The lowest BCUT2D eigenvalue weighted by Gasteiger charge is -2.40. The van der Waals surface area contributed by atoms with Gasteiger partial charge in [0.25, 0.3) is 21.5 Å². The van der Waals surface area contributed by atoms with E-state index in [0.717, 1.165) is 22.5 Å². The third-order valence-corrected chi connectivity index (χ3v) is 9.06. The van der Waals surface area contributed by atoms with Crippen LogP contribution in [0, 0.1) is 5.82 Å². The molecule has 0 bridgehead atoms. The minimum absolute atomic E-state index is 0.0240. The van der Waals surface area contributed by atoms with Gasteiger partial charge in [0.05, 0.1) is 15.6 Å². The second kappa shape index (κ2) is 8.45. The van der Waals surface area contributed by atoms with Crippen LogP contribution in [0.2, 0.25) is 5.02 Å². The topological polar surface area (TPSA) is 104 Å². The van der Waals surface area contributed by atoms with E-state index in [1.54, 1.807) is 11.8 Å². The third-order valence-electron chi connectivity index (χ3n) is 5.08. The first-order valence-corrected chi connectivity index (χ1v) is 11.7. The normalized spacial score (nSPS) is 20.2. The molecule has 176 valence electrons. The van der Waals surface area contributed by atoms with Crippen molar-refractivity contribution in [2.24, 2.45) is 5.73 Å². The maximum Gasteiger partial charge on any atom is 0.431 e. The molecule has 1 aliphatic rings. The van der Waals surface area contributed by atoms with Gasteiger partial charge in [0, 0.05) is 25.7 Å². The number of hydrogen-bond donors (Lipinski definition) is 2. The van der Waals surface area contributed by atoms with E-state index in [1.807, 2.05) is 0 Å². The molecule has 0 radical (unpaired) electrons. The van der Waals surface area contributed by atoms with E-state index in [1.165, 1.54) is 12.1 Å². The van der Waals surface area contributed by atoms with Crippen LogP contribution in [0.4, 0.5) is 23.2 Å². The fourth-order valence-electron chi connectivity index (χ4n) is 3.42. The molecule has 3 rings (SSSR count). The molecule has 1 aromatic carbocycles. The van der Waals surface area contributed by atoms with Crippen LogP contribution in [0.5, 0.6) is 0 Å². The monoisotopic (exact) mass is 515 g/mol. The Morgan fingerprint density at radius 2 is 1.91 bits per heavy atom. The highest BCUT2D eigenvalue weighted by atomic mass is 35.5. The zero-order valence-electron chi connectivity index (χ0n) is 16.4. The van der Waals surface area contributed by atoms with Crippen LogP contribution < -0.4 is 10.6 Å². The van der Waals surface area contributed by atoms with Crippen molar-refractivity contribution in [3.8, 4) is 0 Å². The van der Waals surface area contributed by atoms with Crippen molar-refractivity contribution in [3.05, 3.63) is 46.0 Å². The number of primary amides is 1. The third kappa shape index (κ3) is 4.19. The molecule has 1 aromatic heterocycles. The molecule has 1 fully saturated rings. The molecule has 2 aromatic rings. The number of anilines is 1. The van der Waals surface area contributed by atoms with E-state index in [0.29, 0.717) is 5.69 Å². The predicted octanol–water partition coefficient (Wildman–Crippen LogP) is 2.68. The number of thiophene rings is 1. The van der Waals surface area contributed by atoms with Crippen LogP contribution in [-0.4, -0.2) is 55.6 Å². The molecule has 0 saturated carbocycles. The molecule has 7 nitrogen and oxygen atoms in total. The Balaban J connectivity index is 1.86. The second-order valence-corrected chi connectivity index (χ2v) is 10.8. The molecule has 1 aliphatic heterocycles. The standard InChI is InChI=1S/C18H18ClF4N3O4S2/c1-10-9-25(13-3-2-11(20)8-12(13)19)6-7-26(10)32(29,30)15-5-4-14(31-15)17(28,16(24)27)18(21,22)23/h2-5,8,10,28H,6-7,9H2,1H3,(H2,24,27)/t10-,17?/m1/s1. The average molecular weight is 516 g/mol. The fraction of sp³-hybridized carbons (Fsp3) is 0.389. The van der Waals surface area contributed by atoms with E-state index in [4.69, 9.17) is 17.3 Å². The van der Waals surface area contributed by atoms with Crippen LogP contribution in [0.15, 0.2) is 34.5 Å². The first-order chi connectivity index (χ1) is 14.7. The molecule has 32 heavy (non-hydrogen) atoms. The summed E-state index contributed by atoms with van der Waals surface area (Å²) in [7, 11) is -4.24. The Kier molecular flexibility index (Phi) is 6.52. The maximum absolute atomic E-state index is 13.3. The summed E-state index contributed by atoms with van der Waals surface area (Å²) < 4.78 is 79.9. The first kappa shape index (κ1) is 24.7. The van der Waals surface area contributed by atoms with Gasteiger partial charge in [0.2, 0.25) is 0 Å². The van der Waals surface area contributed by atoms with Gasteiger partial charge in [-0.05, 0) is 37.3 Å². The van der Waals surface area contributed by atoms with E-state index >= 15 is 0 Å². The number of halogens is 5. The number of rotatable bonds is 5. The lowest BCUT2D eigenvalue weighted by Crippen LogP contribution is -2.54. The molecule has 1 amide bonds. The number of benzene rings is 1. The van der Waals surface area contributed by atoms with Gasteiger partial charge in [-0.3, -0.25) is 4.79 Å². The lowest BCUT2D eigenvalue weighted by atomic mass is 10.0. The Hall–Kier alpha value is -1.93. The molecular formula is C18H18ClF4N3O4S2. The SMILES string of the molecule is C[C@@H]1CN(c2ccc(F)cc2Cl)CCN1S(=O)(=O)c1ccc(C(O)(C(N)=O)C(F)(F)F)s1. The summed E-state index contributed by atoms with van der Waals surface area (Å²) in [5.41, 5.74) is 1.28. The van der Waals surface area contributed by atoms with Crippen molar-refractivity contribution in [2.75, 3.05) is 24.5 Å². The number of amides is 1. The number of sulfonamides is 1. The summed E-state index contributed by atoms with van der Waals surface area (Å²) in [4.78, 5) is 12.2. The van der Waals surface area contributed by atoms with E-state index in [-0.39, 0.29) is 36.0 Å². The number of alkyl halides is 3. The van der Waals surface area contributed by atoms with Crippen molar-refractivity contribution < 1.29 is 35.9 Å². The summed E-state index contributed by atoms with van der Waals surface area (Å²) in [5.74, 6) is -2.58. The molecule has 0 spiro atoms. The summed E-state index contributed by atoms with van der Waals surface area (Å²) >= 11 is 6.20. The Morgan fingerprint density at radius 1 is 1.25 bits per heavy atom. The molecule has 1 unspecified atom stereocenters. The summed E-state index contributed by atoms with van der Waals surface area (Å²) in [5, 5.41) is 10.1. The number of nitrogens with zero attached hydrogens (tertiary/aromatic N) is 2. The number of piperazine rings is 1. The van der Waals surface area contributed by atoms with Gasteiger partial charge in [-0.1, -0.05) is 11.6 Å². The Bertz CT molecular complexity index is 1140. The highest BCUT2D eigenvalue weighted by molar-refractivity contribution is 7.91. The molecule has 3 N–H and O–H groups in total. The van der Waals surface area contributed by atoms with E-state index in [2.05, 4.69) is 0 Å². The van der Waals surface area contributed by atoms with Crippen molar-refractivity contribution >= 4 is 44.6 Å². The molecule has 2 heterocycles. The minimum Gasteiger partial charge on any atom is -0.368 e. The zero-order valence-corrected chi connectivity index (χ0v) is 18.8. The van der Waals surface area contributed by atoms with Crippen LogP contribution >= 0.6 is 22.9 Å². The number of hydrogen-bond acceptors (Lipinski definition) is 6. The van der Waals surface area contributed by atoms with Crippen molar-refractivity contribution in [1.29, 1.82) is 0 Å². The lowest BCUT2D eigenvalue weighted by molar-refractivity contribution is -0.254. The van der Waals surface area contributed by atoms with E-state index < -0.39 is 48.7 Å². The molecule has 0 aliphatic carbocycles. The maximum atomic E-state index is 13.3. The molecule has 1 saturated heterocycles. The largest absolute Gasteiger partial charge is 0.431 e. The Labute approximate surface area is 190 Å². The minimum atomic E-state index is -5.43. The number of aliphatic hydroxyl groups is 1. The van der Waals surface area contributed by atoms with Gasteiger partial charge in [-0.2, -0.15) is 17.5 Å². The van der Waals surface area contributed by atoms with Crippen LogP contribution in [0.1, 0.15) is 11.8 Å². The second-order valence-electron chi connectivity index (χ2n) is 7.20. The molecular weight excluding hydrogens is 498 g/mol. The summed E-state index contributed by atoms with van der Waals surface area (Å²) in [6.45, 7) is 1.96. The van der Waals surface area contributed by atoms with Crippen LogP contribution in [0.3, 0.4) is 0 Å². The van der Waals surface area contributed by atoms with Gasteiger partial charge >= 0.3 is 6.18 Å². The van der Waals surface area contributed by atoms with Gasteiger partial charge in [0.15, 0.2) is 0 Å². The highest BCUT2D eigenvalue weighted by Gasteiger charge is 2.61. The van der Waals surface area contributed by atoms with Gasteiger partial charge in [0.1, 0.15) is 10.0 Å².